The number of hydrazone groups is 2. The minimum absolute atomic E-state index is 0.0679. The number of hydrogen-bond donors (Lipinski definition) is 3. The molecule has 5 N–H and O–H groups in total. The first-order chi connectivity index (χ1) is 6.72. The van der Waals surface area contributed by atoms with Gasteiger partial charge in [0.25, 0.3) is 0 Å². The van der Waals surface area contributed by atoms with E-state index in [1.54, 1.807) is 6.21 Å². The molecule has 0 aliphatic rings. The van der Waals surface area contributed by atoms with Crippen LogP contribution in [0.3, 0.4) is 0 Å². The molecule has 6 heteroatoms. The Hall–Kier alpha value is -1.56. The van der Waals surface area contributed by atoms with Crippen molar-refractivity contribution in [3.05, 3.63) is 34.3 Å². The minimum Gasteiger partial charge on any atom is -0.367 e. The number of benzene rings is 1. The number of nitrogens with one attached hydrogen (secondary N) is 1. The molecule has 0 amide bonds. The lowest BCUT2D eigenvalue weighted by Crippen LogP contribution is -2.28. The van der Waals surface area contributed by atoms with E-state index in [2.05, 4.69) is 31.6 Å². The molecule has 0 saturated heterocycles. The molecule has 0 aliphatic heterocycles. The van der Waals surface area contributed by atoms with Crippen molar-refractivity contribution in [1.29, 1.82) is 0 Å². The van der Waals surface area contributed by atoms with Crippen LogP contribution in [0.25, 0.3) is 0 Å². The molecule has 0 spiro atoms. The molecule has 5 nitrogen and oxygen atoms in total. The van der Waals surface area contributed by atoms with Crippen LogP contribution in [0.2, 0.25) is 0 Å². The predicted molar refractivity (Wildman–Crippen MR) is 60.7 cm³/mol. The lowest BCUT2D eigenvalue weighted by molar-refractivity contribution is 0.993. The monoisotopic (exact) mass is 255 g/mol. The van der Waals surface area contributed by atoms with Gasteiger partial charge in [-0.3, -0.25) is 0 Å². The maximum atomic E-state index is 5.25. The zero-order valence-electron chi connectivity index (χ0n) is 7.31. The van der Waals surface area contributed by atoms with Crippen molar-refractivity contribution in [2.75, 3.05) is 0 Å². The van der Waals surface area contributed by atoms with Crippen LogP contribution in [0, 0.1) is 0 Å². The normalized spacial score (nSPS) is 11.9. The molecular weight excluding hydrogens is 246 g/mol. The summed E-state index contributed by atoms with van der Waals surface area (Å²) in [6.45, 7) is 0. The van der Waals surface area contributed by atoms with Crippen molar-refractivity contribution < 1.29 is 0 Å². The molecule has 0 atom stereocenters. The second kappa shape index (κ2) is 5.23. The van der Waals surface area contributed by atoms with Crippen molar-refractivity contribution in [3.8, 4) is 0 Å². The number of hydrogen-bond acceptors (Lipinski definition) is 3. The SMILES string of the molecule is NN=C(N)NN=Cc1ccc(Br)cc1. The van der Waals surface area contributed by atoms with Gasteiger partial charge in [0, 0.05) is 4.47 Å². The first-order valence-electron chi connectivity index (χ1n) is 3.80. The van der Waals surface area contributed by atoms with Gasteiger partial charge in [-0.25, -0.2) is 5.43 Å². The number of guanidine groups is 1. The van der Waals surface area contributed by atoms with Crippen LogP contribution in [-0.4, -0.2) is 12.2 Å². The van der Waals surface area contributed by atoms with Gasteiger partial charge in [-0.05, 0) is 17.7 Å². The maximum absolute atomic E-state index is 5.25. The summed E-state index contributed by atoms with van der Waals surface area (Å²) in [6.07, 6.45) is 1.62. The van der Waals surface area contributed by atoms with Crippen molar-refractivity contribution >= 4 is 28.1 Å². The summed E-state index contributed by atoms with van der Waals surface area (Å²) in [6, 6.07) is 7.65. The number of rotatable bonds is 2. The van der Waals surface area contributed by atoms with E-state index in [1.807, 2.05) is 24.3 Å². The molecule has 0 heterocycles. The average Bonchev–Trinajstić information content (AvgIpc) is 2.21. The van der Waals surface area contributed by atoms with Crippen LogP contribution in [0.5, 0.6) is 0 Å². The van der Waals surface area contributed by atoms with Gasteiger partial charge < -0.3 is 11.6 Å². The van der Waals surface area contributed by atoms with Gasteiger partial charge in [0.15, 0.2) is 0 Å². The lowest BCUT2D eigenvalue weighted by Gasteiger charge is -1.96. The fourth-order valence-electron chi connectivity index (χ4n) is 0.751. The Morgan fingerprint density at radius 2 is 2.00 bits per heavy atom. The Balaban J connectivity index is 2.56. The van der Waals surface area contributed by atoms with Gasteiger partial charge in [0.2, 0.25) is 5.96 Å². The quantitative estimate of drug-likeness (QED) is 0.312. The van der Waals surface area contributed by atoms with Gasteiger partial charge in [-0.1, -0.05) is 28.1 Å². The number of nitrogens with two attached hydrogens (primary N) is 2. The molecule has 0 saturated carbocycles. The molecular formula is C8H10BrN5. The second-order valence-corrected chi connectivity index (χ2v) is 3.35. The van der Waals surface area contributed by atoms with E-state index < -0.39 is 0 Å². The zero-order valence-corrected chi connectivity index (χ0v) is 8.90. The predicted octanol–water partition coefficient (Wildman–Crippen LogP) is 0.561. The first-order valence-corrected chi connectivity index (χ1v) is 4.59. The van der Waals surface area contributed by atoms with Crippen molar-refractivity contribution in [2.24, 2.45) is 21.8 Å². The van der Waals surface area contributed by atoms with Crippen LogP contribution in [0.15, 0.2) is 38.9 Å². The highest BCUT2D eigenvalue weighted by Crippen LogP contribution is 2.08. The molecule has 1 rings (SSSR count). The van der Waals surface area contributed by atoms with Crippen LogP contribution in [0.4, 0.5) is 0 Å². The highest BCUT2D eigenvalue weighted by atomic mass is 79.9. The Labute approximate surface area is 90.0 Å². The Bertz CT molecular complexity index is 343. The van der Waals surface area contributed by atoms with E-state index in [1.165, 1.54) is 0 Å². The summed E-state index contributed by atoms with van der Waals surface area (Å²) < 4.78 is 1.02. The third-order valence-corrected chi connectivity index (χ3v) is 1.93. The summed E-state index contributed by atoms with van der Waals surface area (Å²) in [5.74, 6) is 4.96. The van der Waals surface area contributed by atoms with E-state index in [-0.39, 0.29) is 5.96 Å². The van der Waals surface area contributed by atoms with Crippen LogP contribution in [0.1, 0.15) is 5.56 Å². The Kier molecular flexibility index (Phi) is 3.93. The topological polar surface area (TPSA) is 88.8 Å². The summed E-state index contributed by atoms with van der Waals surface area (Å²) in [7, 11) is 0. The highest BCUT2D eigenvalue weighted by Gasteiger charge is 1.88. The summed E-state index contributed by atoms with van der Waals surface area (Å²) in [5.41, 5.74) is 8.66. The zero-order chi connectivity index (χ0) is 10.4. The van der Waals surface area contributed by atoms with Gasteiger partial charge in [0.1, 0.15) is 0 Å². The molecule has 1 aromatic carbocycles. The van der Waals surface area contributed by atoms with Gasteiger partial charge in [0.05, 0.1) is 6.21 Å². The summed E-state index contributed by atoms with van der Waals surface area (Å²) in [5, 5.41) is 7.01. The van der Waals surface area contributed by atoms with E-state index in [0.29, 0.717) is 0 Å². The molecule has 0 aromatic heterocycles. The molecule has 0 fully saturated rings. The minimum atomic E-state index is 0.0679. The Morgan fingerprint density at radius 3 is 2.57 bits per heavy atom. The van der Waals surface area contributed by atoms with E-state index in [9.17, 15) is 0 Å². The molecule has 0 aliphatic carbocycles. The lowest BCUT2D eigenvalue weighted by atomic mass is 10.2. The first kappa shape index (κ1) is 10.5. The third kappa shape index (κ3) is 3.44. The van der Waals surface area contributed by atoms with Crippen molar-refractivity contribution in [2.45, 2.75) is 0 Å². The summed E-state index contributed by atoms with van der Waals surface area (Å²) in [4.78, 5) is 0. The maximum Gasteiger partial charge on any atom is 0.231 e. The van der Waals surface area contributed by atoms with Gasteiger partial charge >= 0.3 is 0 Å². The summed E-state index contributed by atoms with van der Waals surface area (Å²) >= 11 is 3.33. The fraction of sp³-hybridized carbons (Fsp3) is 0. The van der Waals surface area contributed by atoms with E-state index in [0.717, 1.165) is 10.0 Å². The largest absolute Gasteiger partial charge is 0.367 e. The van der Waals surface area contributed by atoms with Crippen molar-refractivity contribution in [3.63, 3.8) is 0 Å². The molecule has 0 radical (unpaired) electrons. The number of nitrogens with zero attached hydrogens (tertiary/aromatic N) is 2. The Morgan fingerprint density at radius 1 is 1.36 bits per heavy atom. The second-order valence-electron chi connectivity index (χ2n) is 2.44. The molecule has 0 unspecified atom stereocenters. The standard InChI is InChI=1S/C8H10BrN5/c9-7-3-1-6(2-4-7)5-12-14-8(10)13-11/h1-5H,11H2,(H3,10,13,14). The molecule has 0 bridgehead atoms. The number of halogens is 1. The van der Waals surface area contributed by atoms with Gasteiger partial charge in [-0.2, -0.15) is 5.10 Å². The van der Waals surface area contributed by atoms with Crippen LogP contribution < -0.4 is 17.0 Å². The van der Waals surface area contributed by atoms with Crippen LogP contribution in [-0.2, 0) is 0 Å². The van der Waals surface area contributed by atoms with Crippen LogP contribution >= 0.6 is 15.9 Å². The molecule has 74 valence electrons. The average molecular weight is 256 g/mol. The molecule has 1 aromatic rings. The highest BCUT2D eigenvalue weighted by molar-refractivity contribution is 9.10. The van der Waals surface area contributed by atoms with Gasteiger partial charge in [-0.15, -0.1) is 5.10 Å². The fourth-order valence-corrected chi connectivity index (χ4v) is 1.01. The van der Waals surface area contributed by atoms with E-state index in [4.69, 9.17) is 11.6 Å². The van der Waals surface area contributed by atoms with Crippen molar-refractivity contribution in [1.82, 2.24) is 5.43 Å². The molecule has 14 heavy (non-hydrogen) atoms. The third-order valence-electron chi connectivity index (χ3n) is 1.40. The van der Waals surface area contributed by atoms with E-state index >= 15 is 0 Å². The smallest absolute Gasteiger partial charge is 0.231 e.